The number of carbonyl (C=O) groups is 1. The van der Waals surface area contributed by atoms with Crippen molar-refractivity contribution in [1.82, 2.24) is 20.3 Å². The summed E-state index contributed by atoms with van der Waals surface area (Å²) in [5.41, 5.74) is 4.15. The van der Waals surface area contributed by atoms with Gasteiger partial charge in [-0.25, -0.2) is 9.37 Å². The van der Waals surface area contributed by atoms with Gasteiger partial charge >= 0.3 is 0 Å². The number of nitrogens with one attached hydrogen (secondary N) is 3. The number of aromatic amines is 1. The molecule has 7 heteroatoms. The lowest BCUT2D eigenvalue weighted by molar-refractivity contribution is 0.0951. The molecular weight excluding hydrogens is 381 g/mol. The highest BCUT2D eigenvalue weighted by Gasteiger charge is 2.24. The van der Waals surface area contributed by atoms with Gasteiger partial charge in [0, 0.05) is 35.9 Å². The first-order valence-electron chi connectivity index (χ1n) is 9.89. The van der Waals surface area contributed by atoms with Crippen LogP contribution in [0.5, 0.6) is 0 Å². The van der Waals surface area contributed by atoms with Crippen molar-refractivity contribution in [2.75, 3.05) is 5.32 Å². The van der Waals surface area contributed by atoms with Gasteiger partial charge in [0.05, 0.1) is 17.1 Å². The second-order valence-electron chi connectivity index (χ2n) is 7.48. The summed E-state index contributed by atoms with van der Waals surface area (Å²) < 4.78 is 14.2. The van der Waals surface area contributed by atoms with E-state index in [0.29, 0.717) is 17.8 Å². The molecule has 3 heterocycles. The van der Waals surface area contributed by atoms with Crippen LogP contribution >= 0.6 is 0 Å². The summed E-state index contributed by atoms with van der Waals surface area (Å²) in [7, 11) is 0. The van der Waals surface area contributed by atoms with Crippen molar-refractivity contribution in [3.63, 3.8) is 0 Å². The molecule has 150 valence electrons. The number of H-pyrrole nitrogens is 1. The molecule has 3 aromatic heterocycles. The molecule has 0 bridgehead atoms. The van der Waals surface area contributed by atoms with E-state index in [0.717, 1.165) is 40.8 Å². The predicted octanol–water partition coefficient (Wildman–Crippen LogP) is 4.27. The molecule has 1 fully saturated rings. The first-order valence-corrected chi connectivity index (χ1v) is 9.89. The number of carbonyl (C=O) groups excluding carboxylic acids is 1. The maximum atomic E-state index is 14.2. The highest BCUT2D eigenvalue weighted by molar-refractivity contribution is 5.95. The molecule has 4 aromatic rings. The quantitative estimate of drug-likeness (QED) is 0.451. The average molecular weight is 401 g/mol. The van der Waals surface area contributed by atoms with E-state index in [1.807, 2.05) is 30.3 Å². The third-order valence-electron chi connectivity index (χ3n) is 5.09. The molecule has 0 radical (unpaired) electrons. The van der Waals surface area contributed by atoms with E-state index in [4.69, 9.17) is 0 Å². The first kappa shape index (κ1) is 18.3. The molecule has 5 rings (SSSR count). The average Bonchev–Trinajstić information content (AvgIpc) is 3.48. The van der Waals surface area contributed by atoms with Gasteiger partial charge < -0.3 is 15.6 Å². The Morgan fingerprint density at radius 1 is 1.13 bits per heavy atom. The van der Waals surface area contributed by atoms with Crippen LogP contribution in [0.3, 0.4) is 0 Å². The number of nitrogens with zero attached hydrogens (tertiary/aromatic N) is 2. The van der Waals surface area contributed by atoms with Crippen molar-refractivity contribution < 1.29 is 9.18 Å². The Labute approximate surface area is 172 Å². The van der Waals surface area contributed by atoms with Crippen molar-refractivity contribution in [1.29, 1.82) is 0 Å². The Morgan fingerprint density at radius 2 is 2.03 bits per heavy atom. The number of amides is 1. The number of anilines is 1. The lowest BCUT2D eigenvalue weighted by atomic mass is 10.1. The van der Waals surface area contributed by atoms with E-state index < -0.39 is 5.82 Å². The molecule has 30 heavy (non-hydrogen) atoms. The molecule has 0 unspecified atom stereocenters. The zero-order valence-electron chi connectivity index (χ0n) is 16.2. The number of rotatable bonds is 6. The van der Waals surface area contributed by atoms with E-state index in [1.54, 1.807) is 18.5 Å². The minimum atomic E-state index is -0.397. The summed E-state index contributed by atoms with van der Waals surface area (Å²) in [6, 6.07) is 14.4. The summed E-state index contributed by atoms with van der Waals surface area (Å²) in [5.74, 6) is -0.566. The minimum absolute atomic E-state index is 0.169. The van der Waals surface area contributed by atoms with Gasteiger partial charge in [0.25, 0.3) is 5.91 Å². The van der Waals surface area contributed by atoms with Crippen molar-refractivity contribution in [2.24, 2.45) is 0 Å². The Morgan fingerprint density at radius 3 is 2.83 bits per heavy atom. The third kappa shape index (κ3) is 3.87. The molecule has 1 amide bonds. The molecule has 0 spiro atoms. The maximum absolute atomic E-state index is 14.2. The fourth-order valence-corrected chi connectivity index (χ4v) is 3.31. The number of pyridine rings is 2. The molecule has 0 aliphatic heterocycles. The molecule has 1 saturated carbocycles. The Balaban J connectivity index is 1.33. The summed E-state index contributed by atoms with van der Waals surface area (Å²) in [4.78, 5) is 24.3. The first-order chi connectivity index (χ1) is 14.7. The number of benzene rings is 1. The fraction of sp³-hybridized carbons (Fsp3) is 0.174. The normalized spacial score (nSPS) is 13.4. The van der Waals surface area contributed by atoms with Gasteiger partial charge in [-0.15, -0.1) is 0 Å². The van der Waals surface area contributed by atoms with Crippen LogP contribution in [-0.4, -0.2) is 26.9 Å². The van der Waals surface area contributed by atoms with E-state index in [-0.39, 0.29) is 11.9 Å². The monoisotopic (exact) mass is 401 g/mol. The fourth-order valence-electron chi connectivity index (χ4n) is 3.31. The highest BCUT2D eigenvalue weighted by Crippen LogP contribution is 2.24. The van der Waals surface area contributed by atoms with Crippen LogP contribution < -0.4 is 10.6 Å². The van der Waals surface area contributed by atoms with Crippen molar-refractivity contribution in [3.8, 4) is 11.4 Å². The molecule has 6 nitrogen and oxygen atoms in total. The van der Waals surface area contributed by atoms with Crippen molar-refractivity contribution >= 4 is 22.6 Å². The summed E-state index contributed by atoms with van der Waals surface area (Å²) >= 11 is 0. The van der Waals surface area contributed by atoms with Crippen molar-refractivity contribution in [2.45, 2.75) is 25.4 Å². The molecular formula is C23H20FN5O. The van der Waals surface area contributed by atoms with Gasteiger partial charge in [-0.05, 0) is 60.9 Å². The predicted molar refractivity (Wildman–Crippen MR) is 114 cm³/mol. The van der Waals surface area contributed by atoms with Crippen LogP contribution in [0.25, 0.3) is 22.4 Å². The van der Waals surface area contributed by atoms with Crippen LogP contribution in [0, 0.1) is 5.82 Å². The molecule has 1 aliphatic carbocycles. The van der Waals surface area contributed by atoms with E-state index in [2.05, 4.69) is 25.6 Å². The summed E-state index contributed by atoms with van der Waals surface area (Å²) in [6.07, 6.45) is 5.51. The maximum Gasteiger partial charge on any atom is 0.251 e. The van der Waals surface area contributed by atoms with Crippen LogP contribution in [0.15, 0.2) is 60.9 Å². The van der Waals surface area contributed by atoms with Gasteiger partial charge in [-0.1, -0.05) is 6.07 Å². The minimum Gasteiger partial charge on any atom is -0.379 e. The smallest absolute Gasteiger partial charge is 0.251 e. The largest absolute Gasteiger partial charge is 0.379 e. The highest BCUT2D eigenvalue weighted by atomic mass is 19.1. The number of fused-ring (bicyclic) bond motifs is 1. The number of halogens is 1. The number of hydrogen-bond acceptors (Lipinski definition) is 4. The second-order valence-corrected chi connectivity index (χ2v) is 7.48. The van der Waals surface area contributed by atoms with Crippen LogP contribution in [0.4, 0.5) is 10.1 Å². The third-order valence-corrected chi connectivity index (χ3v) is 5.09. The molecule has 0 saturated heterocycles. The van der Waals surface area contributed by atoms with Gasteiger partial charge in [-0.2, -0.15) is 0 Å². The number of hydrogen-bond donors (Lipinski definition) is 3. The van der Waals surface area contributed by atoms with Crippen molar-refractivity contribution in [3.05, 3.63) is 77.9 Å². The summed E-state index contributed by atoms with van der Waals surface area (Å²) in [6.45, 7) is 0.387. The van der Waals surface area contributed by atoms with E-state index in [1.165, 1.54) is 12.1 Å². The lowest BCUT2D eigenvalue weighted by Crippen LogP contribution is -2.25. The number of aromatic nitrogens is 3. The van der Waals surface area contributed by atoms with Gasteiger partial charge in [-0.3, -0.25) is 9.78 Å². The van der Waals surface area contributed by atoms with Gasteiger partial charge in [0.1, 0.15) is 11.5 Å². The van der Waals surface area contributed by atoms with Crippen LogP contribution in [0.2, 0.25) is 0 Å². The Hall–Kier alpha value is -3.74. The van der Waals surface area contributed by atoms with Gasteiger partial charge in [0.2, 0.25) is 0 Å². The SMILES string of the molecule is O=C(NC1CC1)c1ccc(F)c(NCc2cnc3[nH]c(-c4ccccn4)cc3c2)c1. The Bertz CT molecular complexity index is 1220. The van der Waals surface area contributed by atoms with Gasteiger partial charge in [0.15, 0.2) is 0 Å². The molecule has 1 aliphatic rings. The lowest BCUT2D eigenvalue weighted by Gasteiger charge is -2.10. The molecule has 0 atom stereocenters. The Kier molecular flexibility index (Phi) is 4.63. The van der Waals surface area contributed by atoms with E-state index in [9.17, 15) is 9.18 Å². The zero-order chi connectivity index (χ0) is 20.5. The van der Waals surface area contributed by atoms with E-state index >= 15 is 0 Å². The molecule has 3 N–H and O–H groups in total. The standard InChI is InChI=1S/C23H20FN5O/c24-18-7-4-15(23(30)28-17-5-6-17)10-20(18)26-12-14-9-16-11-21(29-22(16)27-13-14)19-3-1-2-8-25-19/h1-4,7-11,13,17,26H,5-6,12H2,(H,27,29)(H,28,30). The second kappa shape index (κ2) is 7.59. The zero-order valence-corrected chi connectivity index (χ0v) is 16.2. The molecule has 1 aromatic carbocycles. The van der Waals surface area contributed by atoms with Crippen LogP contribution in [0.1, 0.15) is 28.8 Å². The summed E-state index contributed by atoms with van der Waals surface area (Å²) in [5, 5.41) is 6.95. The van der Waals surface area contributed by atoms with Crippen LogP contribution in [-0.2, 0) is 6.54 Å². The topological polar surface area (TPSA) is 82.7 Å².